The zero-order valence-electron chi connectivity index (χ0n) is 8.08. The summed E-state index contributed by atoms with van der Waals surface area (Å²) in [5, 5.41) is 0. The van der Waals surface area contributed by atoms with E-state index in [9.17, 15) is 13.6 Å². The number of halogens is 2. The first kappa shape index (κ1) is 10.3. The number of rotatable bonds is 2. The third-order valence-corrected chi connectivity index (χ3v) is 2.47. The Morgan fingerprint density at radius 3 is 2.80 bits per heavy atom. The number of hydrogen-bond acceptors (Lipinski definition) is 3. The van der Waals surface area contributed by atoms with Crippen molar-refractivity contribution in [3.8, 4) is 0 Å². The molecule has 0 aromatic rings. The van der Waals surface area contributed by atoms with E-state index < -0.39 is 18.0 Å². The molecule has 0 saturated heterocycles. The van der Waals surface area contributed by atoms with E-state index in [4.69, 9.17) is 4.74 Å². The number of aliphatic imine (C=N–C) groups is 1. The topological polar surface area (TPSA) is 38.7 Å². The highest BCUT2D eigenvalue weighted by Crippen LogP contribution is 2.39. The van der Waals surface area contributed by atoms with Crippen LogP contribution in [0.3, 0.4) is 0 Å². The summed E-state index contributed by atoms with van der Waals surface area (Å²) in [4.78, 5) is 15.2. The summed E-state index contributed by atoms with van der Waals surface area (Å²) in [6, 6.07) is 0. The molecule has 2 aliphatic rings. The Kier molecular flexibility index (Phi) is 2.54. The molecule has 15 heavy (non-hydrogen) atoms. The SMILES string of the molecule is O=C(OC1CC(F)(F)C1)C1=CN=CCC1. The number of nitrogens with zero attached hydrogens (tertiary/aromatic N) is 1. The van der Waals surface area contributed by atoms with Gasteiger partial charge in [0.25, 0.3) is 5.92 Å². The number of carbonyl (C=O) groups is 1. The number of esters is 1. The number of alkyl halides is 2. The summed E-state index contributed by atoms with van der Waals surface area (Å²) in [6.07, 6.45) is 3.08. The fourth-order valence-electron chi connectivity index (χ4n) is 1.57. The lowest BCUT2D eigenvalue weighted by Gasteiger charge is -2.34. The van der Waals surface area contributed by atoms with Gasteiger partial charge in [-0.25, -0.2) is 13.6 Å². The molecule has 0 aromatic heterocycles. The van der Waals surface area contributed by atoms with Crippen LogP contribution in [0.4, 0.5) is 8.78 Å². The van der Waals surface area contributed by atoms with Gasteiger partial charge < -0.3 is 4.74 Å². The van der Waals surface area contributed by atoms with Crippen LogP contribution in [0.5, 0.6) is 0 Å². The normalized spacial score (nSPS) is 24.3. The van der Waals surface area contributed by atoms with Crippen LogP contribution in [0, 0.1) is 0 Å². The molecular formula is C10H11F2NO2. The van der Waals surface area contributed by atoms with Crippen molar-refractivity contribution in [2.75, 3.05) is 0 Å². The van der Waals surface area contributed by atoms with Crippen LogP contribution in [-0.4, -0.2) is 24.2 Å². The van der Waals surface area contributed by atoms with Crippen LogP contribution < -0.4 is 0 Å². The van der Waals surface area contributed by atoms with Crippen LogP contribution in [0.2, 0.25) is 0 Å². The maximum absolute atomic E-state index is 12.5. The lowest BCUT2D eigenvalue weighted by Crippen LogP contribution is -2.42. The number of ether oxygens (including phenoxy) is 1. The Labute approximate surface area is 85.8 Å². The summed E-state index contributed by atoms with van der Waals surface area (Å²) < 4.78 is 29.8. The van der Waals surface area contributed by atoms with Gasteiger partial charge >= 0.3 is 5.97 Å². The van der Waals surface area contributed by atoms with Gasteiger partial charge in [0.2, 0.25) is 0 Å². The predicted octanol–water partition coefficient (Wildman–Crippen LogP) is 2.08. The summed E-state index contributed by atoms with van der Waals surface area (Å²) in [5.74, 6) is -3.16. The molecule has 1 fully saturated rings. The molecule has 0 atom stereocenters. The fraction of sp³-hybridized carbons (Fsp3) is 0.600. The second-order valence-corrected chi connectivity index (χ2v) is 3.82. The summed E-state index contributed by atoms with van der Waals surface area (Å²) >= 11 is 0. The van der Waals surface area contributed by atoms with E-state index in [1.54, 1.807) is 6.21 Å². The first-order chi connectivity index (χ1) is 7.07. The van der Waals surface area contributed by atoms with Gasteiger partial charge in [-0.3, -0.25) is 4.99 Å². The quantitative estimate of drug-likeness (QED) is 0.661. The highest BCUT2D eigenvalue weighted by Gasteiger charge is 2.47. The largest absolute Gasteiger partial charge is 0.459 e. The minimum absolute atomic E-state index is 0.352. The molecule has 5 heteroatoms. The molecule has 0 amide bonds. The maximum atomic E-state index is 12.5. The minimum atomic E-state index is -2.65. The van der Waals surface area contributed by atoms with Crippen molar-refractivity contribution in [2.24, 2.45) is 4.99 Å². The third kappa shape index (κ3) is 2.40. The highest BCUT2D eigenvalue weighted by molar-refractivity contribution is 5.89. The van der Waals surface area contributed by atoms with E-state index in [1.807, 2.05) is 0 Å². The Balaban J connectivity index is 1.83. The van der Waals surface area contributed by atoms with E-state index >= 15 is 0 Å². The second kappa shape index (κ2) is 3.72. The van der Waals surface area contributed by atoms with E-state index in [-0.39, 0.29) is 12.8 Å². The van der Waals surface area contributed by atoms with E-state index in [0.717, 1.165) is 0 Å². The summed E-state index contributed by atoms with van der Waals surface area (Å²) in [5.41, 5.74) is 0.465. The molecule has 1 heterocycles. The van der Waals surface area contributed by atoms with E-state index in [1.165, 1.54) is 6.20 Å². The average Bonchev–Trinajstić information content (AvgIpc) is 2.16. The van der Waals surface area contributed by atoms with Crippen LogP contribution in [-0.2, 0) is 9.53 Å². The second-order valence-electron chi connectivity index (χ2n) is 3.82. The zero-order valence-corrected chi connectivity index (χ0v) is 8.08. The molecule has 2 rings (SSSR count). The number of carbonyl (C=O) groups excluding carboxylic acids is 1. The molecule has 0 radical (unpaired) electrons. The van der Waals surface area contributed by atoms with Gasteiger partial charge in [0.1, 0.15) is 6.10 Å². The molecule has 0 unspecified atom stereocenters. The van der Waals surface area contributed by atoms with Gasteiger partial charge in [-0.1, -0.05) is 0 Å². The smallest absolute Gasteiger partial charge is 0.335 e. The van der Waals surface area contributed by atoms with Gasteiger partial charge in [0.05, 0.1) is 5.57 Å². The number of hydrogen-bond donors (Lipinski definition) is 0. The minimum Gasteiger partial charge on any atom is -0.459 e. The Hall–Kier alpha value is -1.26. The molecule has 0 bridgehead atoms. The molecule has 1 aliphatic heterocycles. The van der Waals surface area contributed by atoms with Crippen molar-refractivity contribution >= 4 is 12.2 Å². The van der Waals surface area contributed by atoms with E-state index in [0.29, 0.717) is 18.4 Å². The summed E-state index contributed by atoms with van der Waals surface area (Å²) in [7, 11) is 0. The van der Waals surface area contributed by atoms with Crippen LogP contribution in [0.1, 0.15) is 25.7 Å². The van der Waals surface area contributed by atoms with Gasteiger partial charge in [-0.15, -0.1) is 0 Å². The van der Waals surface area contributed by atoms with Crippen LogP contribution >= 0.6 is 0 Å². The fourth-order valence-corrected chi connectivity index (χ4v) is 1.57. The van der Waals surface area contributed by atoms with E-state index in [2.05, 4.69) is 4.99 Å². The summed E-state index contributed by atoms with van der Waals surface area (Å²) in [6.45, 7) is 0. The van der Waals surface area contributed by atoms with Crippen molar-refractivity contribution in [1.29, 1.82) is 0 Å². The Morgan fingerprint density at radius 1 is 1.53 bits per heavy atom. The van der Waals surface area contributed by atoms with Gasteiger partial charge in [-0.05, 0) is 12.8 Å². The van der Waals surface area contributed by atoms with Crippen molar-refractivity contribution in [3.63, 3.8) is 0 Å². The lowest BCUT2D eigenvalue weighted by molar-refractivity contribution is -0.179. The maximum Gasteiger partial charge on any atom is 0.335 e. The molecule has 1 saturated carbocycles. The standard InChI is InChI=1S/C10H11F2NO2/c11-10(12)4-8(5-10)15-9(14)7-2-1-3-13-6-7/h3,6,8H,1-2,4-5H2. The molecule has 82 valence electrons. The molecule has 0 N–H and O–H groups in total. The Bertz CT molecular complexity index is 328. The Morgan fingerprint density at radius 2 is 2.27 bits per heavy atom. The van der Waals surface area contributed by atoms with Gasteiger partial charge in [0, 0.05) is 25.3 Å². The zero-order chi connectivity index (χ0) is 10.9. The highest BCUT2D eigenvalue weighted by atomic mass is 19.3. The molecular weight excluding hydrogens is 204 g/mol. The molecule has 0 aromatic carbocycles. The average molecular weight is 215 g/mol. The van der Waals surface area contributed by atoms with Crippen molar-refractivity contribution in [1.82, 2.24) is 0 Å². The van der Waals surface area contributed by atoms with Crippen LogP contribution in [0.15, 0.2) is 16.8 Å². The van der Waals surface area contributed by atoms with Crippen molar-refractivity contribution < 1.29 is 18.3 Å². The van der Waals surface area contributed by atoms with Crippen molar-refractivity contribution in [3.05, 3.63) is 11.8 Å². The van der Waals surface area contributed by atoms with Crippen LogP contribution in [0.25, 0.3) is 0 Å². The predicted molar refractivity (Wildman–Crippen MR) is 49.9 cm³/mol. The third-order valence-electron chi connectivity index (χ3n) is 2.47. The first-order valence-corrected chi connectivity index (χ1v) is 4.86. The van der Waals surface area contributed by atoms with Gasteiger partial charge in [0.15, 0.2) is 0 Å². The van der Waals surface area contributed by atoms with Gasteiger partial charge in [-0.2, -0.15) is 0 Å². The first-order valence-electron chi connectivity index (χ1n) is 4.86. The molecule has 1 aliphatic carbocycles. The molecule has 0 spiro atoms. The lowest BCUT2D eigenvalue weighted by atomic mass is 9.91. The molecule has 3 nitrogen and oxygen atoms in total. The van der Waals surface area contributed by atoms with Crippen molar-refractivity contribution in [2.45, 2.75) is 37.7 Å². The monoisotopic (exact) mass is 215 g/mol.